The van der Waals surface area contributed by atoms with Crippen molar-refractivity contribution < 1.29 is 14.4 Å². The number of carbonyl (C=O) groups is 3. The van der Waals surface area contributed by atoms with Gasteiger partial charge in [0, 0.05) is 12.1 Å². The molecule has 1 aromatic carbocycles. The zero-order chi connectivity index (χ0) is 15.9. The molecule has 0 spiro atoms. The first-order valence-electron chi connectivity index (χ1n) is 7.57. The van der Waals surface area contributed by atoms with Crippen LogP contribution in [0.2, 0.25) is 0 Å². The standard InChI is InChI=1S/C16H21N3O3/c1-2-3-6-9-17-15(21)13-8-5-4-7-12(13)11-19-14(20)10-18-16(19)22/h4-5,7-8H,2-3,6,9-11H2,1H3,(H,17,21)(H,18,22). The molecular formula is C16H21N3O3. The lowest BCUT2D eigenvalue weighted by Gasteiger charge is -2.15. The molecule has 0 unspecified atom stereocenters. The van der Waals surface area contributed by atoms with Crippen LogP contribution in [0, 0.1) is 0 Å². The minimum atomic E-state index is -0.414. The molecule has 2 rings (SSSR count). The summed E-state index contributed by atoms with van der Waals surface area (Å²) in [5, 5.41) is 5.35. The summed E-state index contributed by atoms with van der Waals surface area (Å²) in [6.07, 6.45) is 3.11. The summed E-state index contributed by atoms with van der Waals surface area (Å²) in [5.74, 6) is -0.443. The van der Waals surface area contributed by atoms with Gasteiger partial charge >= 0.3 is 6.03 Å². The Hall–Kier alpha value is -2.37. The zero-order valence-electron chi connectivity index (χ0n) is 12.7. The van der Waals surface area contributed by atoms with E-state index in [9.17, 15) is 14.4 Å². The van der Waals surface area contributed by atoms with Gasteiger partial charge < -0.3 is 10.6 Å². The summed E-state index contributed by atoms with van der Waals surface area (Å²) in [4.78, 5) is 36.6. The second kappa shape index (κ2) is 7.59. The Bertz CT molecular complexity index is 556. The van der Waals surface area contributed by atoms with Crippen LogP contribution in [-0.2, 0) is 11.3 Å². The third-order valence-corrected chi connectivity index (χ3v) is 3.59. The van der Waals surface area contributed by atoms with Crippen molar-refractivity contribution in [2.75, 3.05) is 13.1 Å². The third-order valence-electron chi connectivity index (χ3n) is 3.59. The molecule has 0 aliphatic carbocycles. The molecule has 0 aromatic heterocycles. The Balaban J connectivity index is 2.04. The number of hydrogen-bond acceptors (Lipinski definition) is 3. The van der Waals surface area contributed by atoms with E-state index >= 15 is 0 Å². The van der Waals surface area contributed by atoms with E-state index in [0.29, 0.717) is 17.7 Å². The minimum Gasteiger partial charge on any atom is -0.352 e. The van der Waals surface area contributed by atoms with E-state index in [1.165, 1.54) is 0 Å². The van der Waals surface area contributed by atoms with Gasteiger partial charge in [0.1, 0.15) is 0 Å². The minimum absolute atomic E-state index is 0.0181. The molecular weight excluding hydrogens is 282 g/mol. The van der Waals surface area contributed by atoms with Gasteiger partial charge in [-0.1, -0.05) is 38.0 Å². The highest BCUT2D eigenvalue weighted by Crippen LogP contribution is 2.14. The Morgan fingerprint density at radius 2 is 2.05 bits per heavy atom. The van der Waals surface area contributed by atoms with Crippen molar-refractivity contribution in [3.8, 4) is 0 Å². The molecule has 1 fully saturated rings. The van der Waals surface area contributed by atoms with Gasteiger partial charge in [-0.3, -0.25) is 14.5 Å². The van der Waals surface area contributed by atoms with Gasteiger partial charge in [-0.2, -0.15) is 0 Å². The van der Waals surface area contributed by atoms with E-state index in [-0.39, 0.29) is 24.9 Å². The lowest BCUT2D eigenvalue weighted by Crippen LogP contribution is -2.32. The molecule has 1 aromatic rings. The van der Waals surface area contributed by atoms with Crippen LogP contribution in [0.4, 0.5) is 4.79 Å². The maximum Gasteiger partial charge on any atom is 0.324 e. The second-order valence-corrected chi connectivity index (χ2v) is 5.26. The summed E-state index contributed by atoms with van der Waals surface area (Å²) in [7, 11) is 0. The van der Waals surface area contributed by atoms with Crippen LogP contribution < -0.4 is 10.6 Å². The van der Waals surface area contributed by atoms with Crippen molar-refractivity contribution in [2.24, 2.45) is 0 Å². The summed E-state index contributed by atoms with van der Waals surface area (Å²) in [6.45, 7) is 2.87. The molecule has 1 heterocycles. The fourth-order valence-corrected chi connectivity index (χ4v) is 2.34. The monoisotopic (exact) mass is 303 g/mol. The van der Waals surface area contributed by atoms with Crippen LogP contribution in [0.1, 0.15) is 42.1 Å². The number of nitrogens with zero attached hydrogens (tertiary/aromatic N) is 1. The van der Waals surface area contributed by atoms with Crippen molar-refractivity contribution in [2.45, 2.75) is 32.7 Å². The zero-order valence-corrected chi connectivity index (χ0v) is 12.7. The molecule has 0 bridgehead atoms. The lowest BCUT2D eigenvalue weighted by molar-refractivity contribution is -0.125. The van der Waals surface area contributed by atoms with Gasteiger partial charge in [-0.25, -0.2) is 4.79 Å². The Morgan fingerprint density at radius 3 is 2.73 bits per heavy atom. The molecule has 0 radical (unpaired) electrons. The van der Waals surface area contributed by atoms with Crippen molar-refractivity contribution in [3.05, 3.63) is 35.4 Å². The van der Waals surface area contributed by atoms with Crippen LogP contribution in [0.5, 0.6) is 0 Å². The molecule has 0 saturated carbocycles. The van der Waals surface area contributed by atoms with E-state index in [2.05, 4.69) is 17.6 Å². The number of hydrogen-bond donors (Lipinski definition) is 2. The number of urea groups is 1. The fraction of sp³-hybridized carbons (Fsp3) is 0.438. The highest BCUT2D eigenvalue weighted by atomic mass is 16.2. The molecule has 1 saturated heterocycles. The van der Waals surface area contributed by atoms with Crippen molar-refractivity contribution in [3.63, 3.8) is 0 Å². The molecule has 6 nitrogen and oxygen atoms in total. The highest BCUT2D eigenvalue weighted by Gasteiger charge is 2.29. The van der Waals surface area contributed by atoms with Crippen molar-refractivity contribution in [1.29, 1.82) is 0 Å². The molecule has 2 N–H and O–H groups in total. The van der Waals surface area contributed by atoms with Crippen LogP contribution in [0.15, 0.2) is 24.3 Å². The molecule has 0 atom stereocenters. The van der Waals surface area contributed by atoms with Crippen LogP contribution >= 0.6 is 0 Å². The number of nitrogens with one attached hydrogen (secondary N) is 2. The van der Waals surface area contributed by atoms with E-state index < -0.39 is 6.03 Å². The number of amides is 4. The normalized spacial score (nSPS) is 14.1. The number of imide groups is 1. The maximum atomic E-state index is 12.3. The molecule has 6 heteroatoms. The number of unbranched alkanes of at least 4 members (excludes halogenated alkanes) is 2. The number of benzene rings is 1. The Labute approximate surface area is 129 Å². The third kappa shape index (κ3) is 3.84. The number of carbonyl (C=O) groups excluding carboxylic acids is 3. The van der Waals surface area contributed by atoms with E-state index in [0.717, 1.165) is 24.2 Å². The first-order valence-corrected chi connectivity index (χ1v) is 7.57. The molecule has 118 valence electrons. The van der Waals surface area contributed by atoms with Gasteiger partial charge in [0.2, 0.25) is 5.91 Å². The molecule has 1 aliphatic heterocycles. The van der Waals surface area contributed by atoms with Gasteiger partial charge in [0.05, 0.1) is 13.1 Å². The Kier molecular flexibility index (Phi) is 5.52. The van der Waals surface area contributed by atoms with Crippen LogP contribution in [0.3, 0.4) is 0 Å². The summed E-state index contributed by atoms with van der Waals surface area (Å²) in [6, 6.07) is 6.63. The average Bonchev–Trinajstić information content (AvgIpc) is 2.84. The van der Waals surface area contributed by atoms with Gasteiger partial charge in [-0.05, 0) is 18.1 Å². The smallest absolute Gasteiger partial charge is 0.324 e. The van der Waals surface area contributed by atoms with Crippen LogP contribution in [0.25, 0.3) is 0 Å². The van der Waals surface area contributed by atoms with E-state index in [1.807, 2.05) is 0 Å². The predicted octanol–water partition coefficient (Wildman–Crippen LogP) is 1.66. The SMILES string of the molecule is CCCCCNC(=O)c1ccccc1CN1C(=O)CNC1=O. The molecule has 1 aliphatic rings. The highest BCUT2D eigenvalue weighted by molar-refractivity contribution is 6.02. The molecule has 22 heavy (non-hydrogen) atoms. The second-order valence-electron chi connectivity index (χ2n) is 5.26. The van der Waals surface area contributed by atoms with E-state index in [1.54, 1.807) is 24.3 Å². The van der Waals surface area contributed by atoms with Gasteiger partial charge in [0.15, 0.2) is 0 Å². The Morgan fingerprint density at radius 1 is 1.27 bits per heavy atom. The summed E-state index contributed by atoms with van der Waals surface area (Å²) in [5.41, 5.74) is 1.17. The van der Waals surface area contributed by atoms with E-state index in [4.69, 9.17) is 0 Å². The summed E-state index contributed by atoms with van der Waals surface area (Å²) < 4.78 is 0. The predicted molar refractivity (Wildman–Crippen MR) is 82.2 cm³/mol. The summed E-state index contributed by atoms with van der Waals surface area (Å²) >= 11 is 0. The largest absolute Gasteiger partial charge is 0.352 e. The van der Waals surface area contributed by atoms with Crippen molar-refractivity contribution in [1.82, 2.24) is 15.5 Å². The number of rotatable bonds is 7. The van der Waals surface area contributed by atoms with Crippen LogP contribution in [-0.4, -0.2) is 35.8 Å². The van der Waals surface area contributed by atoms with Gasteiger partial charge in [0.25, 0.3) is 5.91 Å². The topological polar surface area (TPSA) is 78.5 Å². The lowest BCUT2D eigenvalue weighted by atomic mass is 10.1. The first-order chi connectivity index (χ1) is 10.6. The van der Waals surface area contributed by atoms with Crippen molar-refractivity contribution >= 4 is 17.8 Å². The first kappa shape index (κ1) is 16.0. The molecule has 4 amide bonds. The fourth-order valence-electron chi connectivity index (χ4n) is 2.34. The average molecular weight is 303 g/mol. The quantitative estimate of drug-likeness (QED) is 0.594. The maximum absolute atomic E-state index is 12.3. The van der Waals surface area contributed by atoms with Gasteiger partial charge in [-0.15, -0.1) is 0 Å².